The second-order valence-electron chi connectivity index (χ2n) is 10.7. The number of aliphatic hydroxyl groups is 1. The number of carbonyl (C=O) groups excluding carboxylic acids is 1. The Morgan fingerprint density at radius 3 is 2.33 bits per heavy atom. The summed E-state index contributed by atoms with van der Waals surface area (Å²) in [7, 11) is 0. The summed E-state index contributed by atoms with van der Waals surface area (Å²) in [5, 5.41) is 15.7. The normalized spacial score (nSPS) is 18.0. The van der Waals surface area contributed by atoms with Gasteiger partial charge in [-0.25, -0.2) is 9.78 Å². The number of benzene rings is 4. The van der Waals surface area contributed by atoms with E-state index in [4.69, 9.17) is 18.9 Å². The number of aliphatic hydroxyl groups excluding tert-OH is 1. The molecule has 1 aliphatic heterocycles. The largest absolute Gasteiger partial charge is 0.431 e. The summed E-state index contributed by atoms with van der Waals surface area (Å²) in [4.78, 5) is 17.1. The van der Waals surface area contributed by atoms with Gasteiger partial charge in [0.2, 0.25) is 0 Å². The molecule has 2 amide bonds. The van der Waals surface area contributed by atoms with E-state index in [1.807, 2.05) is 116 Å². The van der Waals surface area contributed by atoms with Crippen molar-refractivity contribution >= 4 is 23.5 Å². The van der Waals surface area contributed by atoms with Crippen LogP contribution in [0.5, 0.6) is 0 Å². The van der Waals surface area contributed by atoms with Gasteiger partial charge in [0, 0.05) is 41.1 Å². The van der Waals surface area contributed by atoms with Crippen LogP contribution in [0.2, 0.25) is 0 Å². The topological polar surface area (TPSA) is 106 Å². The van der Waals surface area contributed by atoms with Crippen molar-refractivity contribution in [2.45, 2.75) is 43.7 Å². The number of anilines is 1. The Morgan fingerprint density at radius 2 is 1.62 bits per heavy atom. The summed E-state index contributed by atoms with van der Waals surface area (Å²) < 4.78 is 19.4. The van der Waals surface area contributed by atoms with Crippen molar-refractivity contribution in [1.82, 2.24) is 10.3 Å². The van der Waals surface area contributed by atoms with Crippen molar-refractivity contribution in [2.75, 3.05) is 17.6 Å². The number of ether oxygens (including phenoxy) is 2. The SMILES string of the molecule is CCNC(=O)Nc1cccc([C@H]2O[C@@H](CSc3nc(-c4ccccc4)c(-c4ccccc4)o3)C[C@@H](c3ccc(CO)cc3)O2)c1. The van der Waals surface area contributed by atoms with E-state index in [0.717, 1.165) is 39.3 Å². The minimum atomic E-state index is -0.660. The molecule has 1 saturated heterocycles. The van der Waals surface area contributed by atoms with Crippen molar-refractivity contribution in [2.24, 2.45) is 0 Å². The first-order valence-corrected chi connectivity index (χ1v) is 16.0. The molecule has 1 fully saturated rings. The van der Waals surface area contributed by atoms with Crippen molar-refractivity contribution in [3.8, 4) is 22.6 Å². The molecule has 2 heterocycles. The average molecular weight is 622 g/mol. The first-order valence-electron chi connectivity index (χ1n) is 15.0. The summed E-state index contributed by atoms with van der Waals surface area (Å²) in [5.74, 6) is 1.32. The quantitative estimate of drug-likeness (QED) is 0.136. The van der Waals surface area contributed by atoms with Crippen LogP contribution in [0.4, 0.5) is 10.5 Å². The smallest absolute Gasteiger partial charge is 0.319 e. The Kier molecular flexibility index (Phi) is 9.92. The third kappa shape index (κ3) is 7.64. The van der Waals surface area contributed by atoms with Gasteiger partial charge in [-0.1, -0.05) is 109 Å². The van der Waals surface area contributed by atoms with Gasteiger partial charge in [-0.15, -0.1) is 0 Å². The Balaban J connectivity index is 1.25. The number of rotatable bonds is 10. The van der Waals surface area contributed by atoms with E-state index < -0.39 is 6.29 Å². The number of hydrogen-bond acceptors (Lipinski definition) is 7. The molecule has 0 aliphatic carbocycles. The number of hydrogen-bond donors (Lipinski definition) is 3. The number of aromatic nitrogens is 1. The number of carbonyl (C=O) groups is 1. The summed E-state index contributed by atoms with van der Waals surface area (Å²) >= 11 is 1.51. The molecule has 5 aromatic rings. The molecule has 45 heavy (non-hydrogen) atoms. The highest BCUT2D eigenvalue weighted by atomic mass is 32.2. The second kappa shape index (κ2) is 14.6. The van der Waals surface area contributed by atoms with Crippen LogP contribution in [0.3, 0.4) is 0 Å². The van der Waals surface area contributed by atoms with Gasteiger partial charge < -0.3 is 29.6 Å². The zero-order chi connectivity index (χ0) is 31.0. The first kappa shape index (κ1) is 30.6. The van der Waals surface area contributed by atoms with E-state index >= 15 is 0 Å². The molecule has 8 nitrogen and oxygen atoms in total. The van der Waals surface area contributed by atoms with Gasteiger partial charge in [0.05, 0.1) is 18.8 Å². The van der Waals surface area contributed by atoms with Gasteiger partial charge in [0.1, 0.15) is 5.69 Å². The molecule has 1 aliphatic rings. The summed E-state index contributed by atoms with van der Waals surface area (Å²) in [6.07, 6.45) is -0.474. The number of thioether (sulfide) groups is 1. The maximum absolute atomic E-state index is 12.1. The third-order valence-electron chi connectivity index (χ3n) is 7.45. The molecule has 9 heteroatoms. The minimum Gasteiger partial charge on any atom is -0.431 e. The van der Waals surface area contributed by atoms with Crippen LogP contribution in [-0.4, -0.2) is 34.5 Å². The van der Waals surface area contributed by atoms with E-state index in [2.05, 4.69) is 10.6 Å². The Morgan fingerprint density at radius 1 is 0.889 bits per heavy atom. The summed E-state index contributed by atoms with van der Waals surface area (Å²) in [6, 6.07) is 35.1. The average Bonchev–Trinajstić information content (AvgIpc) is 3.53. The molecule has 3 N–H and O–H groups in total. The molecule has 0 spiro atoms. The highest BCUT2D eigenvalue weighted by Crippen LogP contribution is 2.41. The number of oxazole rings is 1. The molecule has 1 aromatic heterocycles. The van der Waals surface area contributed by atoms with Gasteiger partial charge in [0.25, 0.3) is 5.22 Å². The lowest BCUT2D eigenvalue weighted by Crippen LogP contribution is -2.31. The van der Waals surface area contributed by atoms with Crippen LogP contribution in [-0.2, 0) is 16.1 Å². The lowest BCUT2D eigenvalue weighted by atomic mass is 10.0. The Labute approximate surface area is 266 Å². The second-order valence-corrected chi connectivity index (χ2v) is 11.6. The van der Waals surface area contributed by atoms with E-state index in [0.29, 0.717) is 29.6 Å². The Bertz CT molecular complexity index is 1640. The first-order chi connectivity index (χ1) is 22.1. The molecule has 230 valence electrons. The number of amides is 2. The molecule has 0 unspecified atom stereocenters. The van der Waals surface area contributed by atoms with Crippen LogP contribution >= 0.6 is 11.8 Å². The maximum atomic E-state index is 12.1. The standard InChI is InChI=1S/C36H35N3O5S/c1-2-37-35(41)38-29-15-9-14-28(20-29)34-42-30(21-31(43-34)25-18-16-24(22-40)17-19-25)23-45-36-39-32(26-10-5-3-6-11-26)33(44-36)27-12-7-4-8-13-27/h3-20,30-31,34,40H,2,21-23H2,1H3,(H2,37,38,41)/t30-,31+,34+/m1/s1. The van der Waals surface area contributed by atoms with Crippen LogP contribution < -0.4 is 10.6 Å². The predicted octanol–water partition coefficient (Wildman–Crippen LogP) is 7.98. The van der Waals surface area contributed by atoms with Gasteiger partial charge in [-0.2, -0.15) is 0 Å². The monoisotopic (exact) mass is 621 g/mol. The number of urea groups is 1. The summed E-state index contributed by atoms with van der Waals surface area (Å²) in [5.41, 5.74) is 6.03. The van der Waals surface area contributed by atoms with Gasteiger partial charge in [-0.05, 0) is 30.2 Å². The minimum absolute atomic E-state index is 0.0196. The van der Waals surface area contributed by atoms with Crippen molar-refractivity contribution < 1.29 is 23.8 Å². The fourth-order valence-corrected chi connectivity index (χ4v) is 6.07. The zero-order valence-corrected chi connectivity index (χ0v) is 25.7. The molecular formula is C36H35N3O5S. The lowest BCUT2D eigenvalue weighted by molar-refractivity contribution is -0.245. The number of nitrogens with one attached hydrogen (secondary N) is 2. The van der Waals surface area contributed by atoms with E-state index in [-0.39, 0.29) is 24.8 Å². The van der Waals surface area contributed by atoms with Crippen LogP contribution in [0.15, 0.2) is 119 Å². The third-order valence-corrected chi connectivity index (χ3v) is 8.41. The van der Waals surface area contributed by atoms with E-state index in [1.54, 1.807) is 0 Å². The fraction of sp³-hybridized carbons (Fsp3) is 0.222. The van der Waals surface area contributed by atoms with Crippen molar-refractivity contribution in [1.29, 1.82) is 0 Å². The van der Waals surface area contributed by atoms with Gasteiger partial charge in [0.15, 0.2) is 12.1 Å². The molecule has 6 rings (SSSR count). The molecule has 3 atom stereocenters. The highest BCUT2D eigenvalue weighted by Gasteiger charge is 2.33. The van der Waals surface area contributed by atoms with Crippen molar-refractivity contribution in [3.63, 3.8) is 0 Å². The van der Waals surface area contributed by atoms with Crippen molar-refractivity contribution in [3.05, 3.63) is 126 Å². The molecule has 0 bridgehead atoms. The molecule has 4 aromatic carbocycles. The molecular weight excluding hydrogens is 586 g/mol. The van der Waals surface area contributed by atoms with Gasteiger partial charge in [-0.3, -0.25) is 0 Å². The van der Waals surface area contributed by atoms with Crippen LogP contribution in [0.25, 0.3) is 22.6 Å². The zero-order valence-electron chi connectivity index (χ0n) is 24.9. The van der Waals surface area contributed by atoms with Crippen LogP contribution in [0, 0.1) is 0 Å². The summed E-state index contributed by atoms with van der Waals surface area (Å²) in [6.45, 7) is 2.38. The van der Waals surface area contributed by atoms with E-state index in [1.165, 1.54) is 11.8 Å². The Hall–Kier alpha value is -4.41. The van der Waals surface area contributed by atoms with E-state index in [9.17, 15) is 9.90 Å². The number of nitrogens with zero attached hydrogens (tertiary/aromatic N) is 1. The molecule has 0 radical (unpaired) electrons. The predicted molar refractivity (Wildman–Crippen MR) is 176 cm³/mol. The van der Waals surface area contributed by atoms with Crippen LogP contribution in [0.1, 0.15) is 42.4 Å². The highest BCUT2D eigenvalue weighted by molar-refractivity contribution is 7.99. The molecule has 0 saturated carbocycles. The lowest BCUT2D eigenvalue weighted by Gasteiger charge is -2.36. The fourth-order valence-electron chi connectivity index (χ4n) is 5.22. The maximum Gasteiger partial charge on any atom is 0.319 e. The van der Waals surface area contributed by atoms with Gasteiger partial charge >= 0.3 is 6.03 Å².